The van der Waals surface area contributed by atoms with E-state index in [0.717, 1.165) is 39.1 Å². The molecule has 0 spiro atoms. The van der Waals surface area contributed by atoms with E-state index in [1.54, 1.807) is 18.6 Å². The molecule has 0 saturated carbocycles. The molecule has 0 atom stereocenters. The monoisotopic (exact) mass is 369 g/mol. The zero-order valence-electron chi connectivity index (χ0n) is 15.4. The number of H-pyrrole nitrogens is 1. The first kappa shape index (κ1) is 17.6. The van der Waals surface area contributed by atoms with Gasteiger partial charge in [0.25, 0.3) is 0 Å². The Morgan fingerprint density at radius 3 is 2.79 bits per heavy atom. The number of amides is 1. The van der Waals surface area contributed by atoms with Crippen molar-refractivity contribution in [1.82, 2.24) is 20.2 Å². The molecule has 1 amide bonds. The molecule has 0 fully saturated rings. The Labute approximate surface area is 162 Å². The van der Waals surface area contributed by atoms with Crippen LogP contribution in [0.1, 0.15) is 22.5 Å². The Bertz CT molecular complexity index is 1130. The maximum Gasteiger partial charge on any atom is 0.228 e. The van der Waals surface area contributed by atoms with Crippen molar-refractivity contribution < 1.29 is 4.79 Å². The number of rotatable bonds is 5. The van der Waals surface area contributed by atoms with Crippen molar-refractivity contribution in [1.29, 1.82) is 0 Å². The smallest absolute Gasteiger partial charge is 0.228 e. The van der Waals surface area contributed by atoms with E-state index in [4.69, 9.17) is 0 Å². The van der Waals surface area contributed by atoms with Crippen LogP contribution in [0.15, 0.2) is 61.1 Å². The number of carbonyl (C=O) groups excluding carboxylic acids is 1. The van der Waals surface area contributed by atoms with Crippen molar-refractivity contribution in [2.24, 2.45) is 0 Å². The van der Waals surface area contributed by atoms with Gasteiger partial charge >= 0.3 is 0 Å². The lowest BCUT2D eigenvalue weighted by atomic mass is 10.1. The summed E-state index contributed by atoms with van der Waals surface area (Å²) in [6.45, 7) is 1.97. The quantitative estimate of drug-likeness (QED) is 0.557. The molecule has 0 unspecified atom stereocenters. The molecule has 28 heavy (non-hydrogen) atoms. The molecule has 6 nitrogen and oxygen atoms in total. The molecule has 2 aromatic heterocycles. The average Bonchev–Trinajstić information content (AvgIpc) is 3.10. The molecule has 0 aliphatic rings. The fourth-order valence-corrected chi connectivity index (χ4v) is 2.99. The molecule has 138 valence electrons. The van der Waals surface area contributed by atoms with Crippen LogP contribution in [-0.4, -0.2) is 26.1 Å². The van der Waals surface area contributed by atoms with Gasteiger partial charge in [-0.25, -0.2) is 0 Å². The molecule has 2 N–H and O–H groups in total. The number of aromatic nitrogens is 4. The van der Waals surface area contributed by atoms with Crippen LogP contribution >= 0.6 is 0 Å². The van der Waals surface area contributed by atoms with Crippen LogP contribution in [-0.2, 0) is 11.2 Å². The third-order valence-corrected chi connectivity index (χ3v) is 4.41. The van der Waals surface area contributed by atoms with Gasteiger partial charge in [0.05, 0.1) is 29.5 Å². The highest BCUT2D eigenvalue weighted by atomic mass is 16.1. The van der Waals surface area contributed by atoms with Crippen LogP contribution < -0.4 is 5.32 Å². The maximum atomic E-state index is 12.4. The number of hydrogen-bond donors (Lipinski definition) is 2. The Morgan fingerprint density at radius 2 is 2.00 bits per heavy atom. The molecule has 0 saturated heterocycles. The first-order chi connectivity index (χ1) is 13.7. The minimum atomic E-state index is -0.0474. The molecule has 2 aromatic carbocycles. The number of benzene rings is 2. The normalized spacial score (nSPS) is 11.2. The zero-order chi connectivity index (χ0) is 19.3. The Kier molecular flexibility index (Phi) is 4.93. The van der Waals surface area contributed by atoms with Gasteiger partial charge in [-0.3, -0.25) is 19.9 Å². The minimum absolute atomic E-state index is 0.0474. The summed E-state index contributed by atoms with van der Waals surface area (Å²) in [7, 11) is 0. The van der Waals surface area contributed by atoms with E-state index in [1.165, 1.54) is 0 Å². The molecule has 0 aliphatic carbocycles. The number of nitrogens with zero attached hydrogens (tertiary/aromatic N) is 3. The van der Waals surface area contributed by atoms with Gasteiger partial charge in [-0.15, -0.1) is 0 Å². The van der Waals surface area contributed by atoms with Gasteiger partial charge in [-0.1, -0.05) is 30.3 Å². The van der Waals surface area contributed by atoms with Gasteiger partial charge in [-0.2, -0.15) is 5.10 Å². The number of carbonyl (C=O) groups is 1. The van der Waals surface area contributed by atoms with Crippen molar-refractivity contribution in [3.63, 3.8) is 0 Å². The van der Waals surface area contributed by atoms with Crippen molar-refractivity contribution in [3.8, 4) is 0 Å². The number of fused-ring (bicyclic) bond motifs is 1. The van der Waals surface area contributed by atoms with E-state index in [-0.39, 0.29) is 5.91 Å². The lowest BCUT2D eigenvalue weighted by Gasteiger charge is -2.09. The van der Waals surface area contributed by atoms with Crippen LogP contribution in [0, 0.1) is 6.92 Å². The summed E-state index contributed by atoms with van der Waals surface area (Å²) in [6, 6.07) is 13.6. The fourth-order valence-electron chi connectivity index (χ4n) is 2.99. The third kappa shape index (κ3) is 3.96. The molecule has 4 rings (SSSR count). The summed E-state index contributed by atoms with van der Waals surface area (Å²) in [4.78, 5) is 20.7. The standard InChI is InChI=1S/C22H19N5O/c1-15-11-21-18(19(26-27-21)8-7-17-14-23-9-10-24-17)13-20(15)25-22(28)12-16-5-3-2-4-6-16/h2-11,13-14H,12H2,1H3,(H,25,28)(H,26,27). The van der Waals surface area contributed by atoms with Crippen LogP contribution in [0.4, 0.5) is 5.69 Å². The summed E-state index contributed by atoms with van der Waals surface area (Å²) in [6.07, 6.45) is 9.04. The highest BCUT2D eigenvalue weighted by molar-refractivity contribution is 5.98. The van der Waals surface area contributed by atoms with Gasteiger partial charge in [0.15, 0.2) is 0 Å². The zero-order valence-corrected chi connectivity index (χ0v) is 15.4. The second-order valence-electron chi connectivity index (χ2n) is 6.50. The molecule has 6 heteroatoms. The molecule has 0 bridgehead atoms. The number of anilines is 1. The highest BCUT2D eigenvalue weighted by Gasteiger charge is 2.10. The van der Waals surface area contributed by atoms with Crippen LogP contribution in [0.5, 0.6) is 0 Å². The summed E-state index contributed by atoms with van der Waals surface area (Å²) in [5.41, 5.74) is 5.18. The number of hydrogen-bond acceptors (Lipinski definition) is 4. The highest BCUT2D eigenvalue weighted by Crippen LogP contribution is 2.26. The first-order valence-electron chi connectivity index (χ1n) is 8.95. The topological polar surface area (TPSA) is 83.6 Å². The predicted molar refractivity (Wildman–Crippen MR) is 111 cm³/mol. The predicted octanol–water partition coefficient (Wildman–Crippen LogP) is 4.01. The van der Waals surface area contributed by atoms with Crippen molar-refractivity contribution in [3.05, 3.63) is 83.6 Å². The van der Waals surface area contributed by atoms with E-state index in [2.05, 4.69) is 25.5 Å². The number of aromatic amines is 1. The van der Waals surface area contributed by atoms with E-state index in [0.29, 0.717) is 6.42 Å². The third-order valence-electron chi connectivity index (χ3n) is 4.41. The van der Waals surface area contributed by atoms with Crippen LogP contribution in [0.3, 0.4) is 0 Å². The average molecular weight is 369 g/mol. The van der Waals surface area contributed by atoms with Crippen molar-refractivity contribution >= 4 is 34.6 Å². The first-order valence-corrected chi connectivity index (χ1v) is 8.95. The molecule has 0 radical (unpaired) electrons. The van der Waals surface area contributed by atoms with Gasteiger partial charge in [0.1, 0.15) is 0 Å². The van der Waals surface area contributed by atoms with Crippen LogP contribution in [0.25, 0.3) is 23.1 Å². The second kappa shape index (κ2) is 7.84. The molecule has 4 aromatic rings. The lowest BCUT2D eigenvalue weighted by molar-refractivity contribution is -0.115. The SMILES string of the molecule is Cc1cc2[nH]nc(C=Cc3cnccn3)c2cc1NC(=O)Cc1ccccc1. The molecule has 2 heterocycles. The molecular formula is C22H19N5O. The van der Waals surface area contributed by atoms with Crippen molar-refractivity contribution in [2.45, 2.75) is 13.3 Å². The van der Waals surface area contributed by atoms with Crippen molar-refractivity contribution in [2.75, 3.05) is 5.32 Å². The van der Waals surface area contributed by atoms with Gasteiger partial charge < -0.3 is 5.32 Å². The van der Waals surface area contributed by atoms with Crippen LogP contribution in [0.2, 0.25) is 0 Å². The fraction of sp³-hybridized carbons (Fsp3) is 0.0909. The summed E-state index contributed by atoms with van der Waals surface area (Å²) >= 11 is 0. The Hall–Kier alpha value is -3.80. The molecular weight excluding hydrogens is 350 g/mol. The Balaban J connectivity index is 1.58. The summed E-state index contributed by atoms with van der Waals surface area (Å²) in [5, 5.41) is 11.3. The number of aryl methyl sites for hydroxylation is 1. The second-order valence-corrected chi connectivity index (χ2v) is 6.50. The summed E-state index contributed by atoms with van der Waals surface area (Å²) < 4.78 is 0. The van der Waals surface area contributed by atoms with E-state index >= 15 is 0 Å². The lowest BCUT2D eigenvalue weighted by Crippen LogP contribution is -2.15. The number of nitrogens with one attached hydrogen (secondary N) is 2. The van der Waals surface area contributed by atoms with E-state index < -0.39 is 0 Å². The molecule has 0 aliphatic heterocycles. The van der Waals surface area contributed by atoms with Gasteiger partial charge in [0, 0.05) is 23.5 Å². The Morgan fingerprint density at radius 1 is 1.14 bits per heavy atom. The largest absolute Gasteiger partial charge is 0.326 e. The van der Waals surface area contributed by atoms with Gasteiger partial charge in [0.2, 0.25) is 5.91 Å². The van der Waals surface area contributed by atoms with Gasteiger partial charge in [-0.05, 0) is 42.3 Å². The van der Waals surface area contributed by atoms with E-state index in [1.807, 2.05) is 61.5 Å². The summed E-state index contributed by atoms with van der Waals surface area (Å²) in [5.74, 6) is -0.0474. The maximum absolute atomic E-state index is 12.4. The van der Waals surface area contributed by atoms with E-state index in [9.17, 15) is 4.79 Å². The minimum Gasteiger partial charge on any atom is -0.326 e.